The van der Waals surface area contributed by atoms with Gasteiger partial charge in [-0.1, -0.05) is 36.4 Å². The van der Waals surface area contributed by atoms with Gasteiger partial charge in [0, 0.05) is 38.5 Å². The van der Waals surface area contributed by atoms with Gasteiger partial charge in [-0.15, -0.1) is 0 Å². The summed E-state index contributed by atoms with van der Waals surface area (Å²) in [6.45, 7) is 0. The Kier molecular flexibility index (Phi) is 13.6. The summed E-state index contributed by atoms with van der Waals surface area (Å²) in [7, 11) is 0. The number of carboxylic acids is 3. The van der Waals surface area contributed by atoms with E-state index < -0.39 is 35.8 Å². The number of hydrogen-bond donors (Lipinski definition) is 3. The molecule has 0 saturated carbocycles. The predicted octanol–water partition coefficient (Wildman–Crippen LogP) is 7.17. The molecule has 4 aromatic carbocycles. The van der Waals surface area contributed by atoms with Crippen LogP contribution < -0.4 is 14.2 Å². The van der Waals surface area contributed by atoms with Crippen LogP contribution in [-0.2, 0) is 28.8 Å². The minimum atomic E-state index is -0.984. The van der Waals surface area contributed by atoms with Crippen LogP contribution >= 0.6 is 0 Å². The van der Waals surface area contributed by atoms with Crippen LogP contribution in [0.3, 0.4) is 0 Å². The lowest BCUT2D eigenvalue weighted by Crippen LogP contribution is -2.08. The van der Waals surface area contributed by atoms with Crippen molar-refractivity contribution in [1.82, 2.24) is 0 Å². The van der Waals surface area contributed by atoms with E-state index in [-0.39, 0.29) is 57.8 Å². The second-order valence-electron chi connectivity index (χ2n) is 11.5. The highest BCUT2D eigenvalue weighted by Gasteiger charge is 2.13. The molecular weight excluding hydrogens is 660 g/mol. The Labute approximate surface area is 293 Å². The predicted molar refractivity (Wildman–Crippen MR) is 184 cm³/mol. The Balaban J connectivity index is 1.57. The molecule has 0 spiro atoms. The quantitative estimate of drug-likeness (QED) is 0.0703. The van der Waals surface area contributed by atoms with Crippen molar-refractivity contribution in [1.29, 1.82) is 0 Å². The van der Waals surface area contributed by atoms with E-state index in [1.165, 1.54) is 0 Å². The van der Waals surface area contributed by atoms with Gasteiger partial charge in [-0.05, 0) is 107 Å². The van der Waals surface area contributed by atoms with Crippen LogP contribution in [0.15, 0.2) is 91.0 Å². The molecule has 3 N–H and O–H groups in total. The maximum atomic E-state index is 12.1. The molecule has 0 bridgehead atoms. The highest BCUT2D eigenvalue weighted by atomic mass is 16.5. The molecule has 51 heavy (non-hydrogen) atoms. The summed E-state index contributed by atoms with van der Waals surface area (Å²) in [6.07, 6.45) is 0.0737. The topological polar surface area (TPSA) is 191 Å². The fourth-order valence-electron chi connectivity index (χ4n) is 4.97. The second kappa shape index (κ2) is 18.5. The molecule has 0 aromatic heterocycles. The fraction of sp³-hybridized carbons (Fsp3) is 0.231. The van der Waals surface area contributed by atoms with Crippen molar-refractivity contribution >= 4 is 35.8 Å². The molecule has 0 heterocycles. The summed E-state index contributed by atoms with van der Waals surface area (Å²) in [6, 6.07) is 26.6. The SMILES string of the molecule is O=C(O)CCCC(=O)Oc1ccc(-c2cc(-c3ccc(OC(=O)CCCC(=O)O)cc3)cc(-c3ccc(OC(=O)CCCC(=O)O)cc3)c2)cc1. The van der Waals surface area contributed by atoms with E-state index in [4.69, 9.17) is 29.5 Å². The first-order valence-corrected chi connectivity index (χ1v) is 16.2. The van der Waals surface area contributed by atoms with Crippen LogP contribution in [0, 0.1) is 0 Å². The molecule has 0 fully saturated rings. The van der Waals surface area contributed by atoms with Crippen molar-refractivity contribution in [2.75, 3.05) is 0 Å². The zero-order valence-corrected chi connectivity index (χ0v) is 27.5. The first-order valence-electron chi connectivity index (χ1n) is 16.2. The van der Waals surface area contributed by atoms with E-state index >= 15 is 0 Å². The summed E-state index contributed by atoms with van der Waals surface area (Å²) in [5.74, 6) is -3.59. The van der Waals surface area contributed by atoms with Crippen molar-refractivity contribution in [2.45, 2.75) is 57.8 Å². The maximum Gasteiger partial charge on any atom is 0.311 e. The Morgan fingerprint density at radius 2 is 0.588 bits per heavy atom. The van der Waals surface area contributed by atoms with E-state index in [0.717, 1.165) is 33.4 Å². The molecule has 0 amide bonds. The standard InChI is InChI=1S/C39H36O12/c40-34(41)4-1-7-37(46)49-31-16-10-25(11-17-31)28-22-29(26-12-18-32(19-13-26)50-38(47)8-2-5-35(42)43)24-30(23-28)27-14-20-33(21-15-27)51-39(48)9-3-6-36(44)45/h10-24H,1-9H2,(H,40,41)(H,42,43)(H,44,45). The lowest BCUT2D eigenvalue weighted by molar-refractivity contribution is -0.139. The largest absolute Gasteiger partial charge is 0.481 e. The number of hydrogen-bond acceptors (Lipinski definition) is 9. The third-order valence-electron chi connectivity index (χ3n) is 7.51. The number of carbonyl (C=O) groups is 6. The van der Waals surface area contributed by atoms with Gasteiger partial charge in [0.05, 0.1) is 0 Å². The minimum Gasteiger partial charge on any atom is -0.481 e. The number of esters is 3. The van der Waals surface area contributed by atoms with Gasteiger partial charge in [-0.25, -0.2) is 0 Å². The first kappa shape index (κ1) is 37.5. The van der Waals surface area contributed by atoms with Crippen molar-refractivity contribution in [3.05, 3.63) is 91.0 Å². The molecule has 12 nitrogen and oxygen atoms in total. The third-order valence-corrected chi connectivity index (χ3v) is 7.51. The van der Waals surface area contributed by atoms with Crippen molar-refractivity contribution in [2.24, 2.45) is 0 Å². The minimum absolute atomic E-state index is 0.0229. The Hall–Kier alpha value is -6.30. The summed E-state index contributed by atoms with van der Waals surface area (Å²) < 4.78 is 16.1. The third kappa shape index (κ3) is 12.6. The Morgan fingerprint density at radius 3 is 0.804 bits per heavy atom. The number of carboxylic acid groups (broad SMARTS) is 3. The van der Waals surface area contributed by atoms with Gasteiger partial charge in [0.15, 0.2) is 0 Å². The van der Waals surface area contributed by atoms with Gasteiger partial charge in [0.2, 0.25) is 0 Å². The smallest absolute Gasteiger partial charge is 0.311 e. The fourth-order valence-corrected chi connectivity index (χ4v) is 4.97. The van der Waals surface area contributed by atoms with E-state index in [0.29, 0.717) is 17.2 Å². The van der Waals surface area contributed by atoms with Crippen LogP contribution in [-0.4, -0.2) is 51.1 Å². The molecule has 0 atom stereocenters. The molecule has 0 aliphatic heterocycles. The first-order chi connectivity index (χ1) is 24.4. The number of aliphatic carboxylic acids is 3. The van der Waals surface area contributed by atoms with Crippen molar-refractivity contribution in [3.63, 3.8) is 0 Å². The maximum absolute atomic E-state index is 12.1. The number of ether oxygens (including phenoxy) is 3. The van der Waals surface area contributed by atoms with Crippen LogP contribution in [0.2, 0.25) is 0 Å². The molecule has 4 aromatic rings. The van der Waals surface area contributed by atoms with Crippen molar-refractivity contribution in [3.8, 4) is 50.6 Å². The zero-order valence-electron chi connectivity index (χ0n) is 27.5. The lowest BCUT2D eigenvalue weighted by Gasteiger charge is -2.13. The molecule has 0 aliphatic rings. The van der Waals surface area contributed by atoms with E-state index in [9.17, 15) is 28.8 Å². The van der Waals surface area contributed by atoms with Gasteiger partial charge in [0.1, 0.15) is 17.2 Å². The zero-order chi connectivity index (χ0) is 36.8. The van der Waals surface area contributed by atoms with Gasteiger partial charge < -0.3 is 29.5 Å². The van der Waals surface area contributed by atoms with E-state index in [1.807, 2.05) is 18.2 Å². The highest BCUT2D eigenvalue weighted by molar-refractivity contribution is 5.82. The number of carbonyl (C=O) groups excluding carboxylic acids is 3. The van der Waals surface area contributed by atoms with Crippen LogP contribution in [0.25, 0.3) is 33.4 Å². The summed E-state index contributed by atoms with van der Waals surface area (Å²) >= 11 is 0. The van der Waals surface area contributed by atoms with E-state index in [1.54, 1.807) is 72.8 Å². The molecule has 264 valence electrons. The molecule has 12 heteroatoms. The van der Waals surface area contributed by atoms with Gasteiger partial charge in [0.25, 0.3) is 0 Å². The Bertz CT molecular complexity index is 1630. The second-order valence-corrected chi connectivity index (χ2v) is 11.5. The Morgan fingerprint density at radius 1 is 0.353 bits per heavy atom. The molecule has 0 saturated heterocycles. The number of rotatable bonds is 18. The van der Waals surface area contributed by atoms with Gasteiger partial charge in [-0.3, -0.25) is 28.8 Å². The van der Waals surface area contributed by atoms with Gasteiger partial charge >= 0.3 is 35.8 Å². The molecule has 4 rings (SSSR count). The summed E-state index contributed by atoms with van der Waals surface area (Å²) in [5, 5.41) is 26.4. The van der Waals surface area contributed by atoms with E-state index in [2.05, 4.69) is 0 Å². The lowest BCUT2D eigenvalue weighted by atomic mass is 9.93. The average molecular weight is 697 g/mol. The molecule has 0 aliphatic carbocycles. The highest BCUT2D eigenvalue weighted by Crippen LogP contribution is 2.35. The number of benzene rings is 4. The summed E-state index contributed by atoms with van der Waals surface area (Å²) in [5.41, 5.74) is 4.90. The van der Waals surface area contributed by atoms with Crippen LogP contribution in [0.1, 0.15) is 57.8 Å². The normalized spacial score (nSPS) is 10.6. The monoisotopic (exact) mass is 696 g/mol. The van der Waals surface area contributed by atoms with Crippen LogP contribution in [0.5, 0.6) is 17.2 Å². The summed E-state index contributed by atoms with van der Waals surface area (Å²) in [4.78, 5) is 68.6. The molecular formula is C39H36O12. The van der Waals surface area contributed by atoms with Crippen molar-refractivity contribution < 1.29 is 58.3 Å². The molecule has 0 unspecified atom stereocenters. The van der Waals surface area contributed by atoms with Gasteiger partial charge in [-0.2, -0.15) is 0 Å². The van der Waals surface area contributed by atoms with Crippen LogP contribution in [0.4, 0.5) is 0 Å². The average Bonchev–Trinajstić information content (AvgIpc) is 3.08. The molecule has 0 radical (unpaired) electrons.